The summed E-state index contributed by atoms with van der Waals surface area (Å²) in [5, 5.41) is 10.3. The quantitative estimate of drug-likeness (QED) is 0.810. The van der Waals surface area contributed by atoms with Crippen LogP contribution in [0.1, 0.15) is 31.2 Å². The van der Waals surface area contributed by atoms with Crippen molar-refractivity contribution in [3.63, 3.8) is 0 Å². The summed E-state index contributed by atoms with van der Waals surface area (Å²) in [5.74, 6) is 0.814. The largest absolute Gasteiger partial charge is 0.345 e. The summed E-state index contributed by atoms with van der Waals surface area (Å²) in [7, 11) is 0. The number of benzene rings is 1. The molecule has 0 aromatic heterocycles. The first kappa shape index (κ1) is 12.2. The lowest BCUT2D eigenvalue weighted by molar-refractivity contribution is -0.985. The topological polar surface area (TPSA) is 20.2 Å². The van der Waals surface area contributed by atoms with Crippen LogP contribution in [0.4, 0.5) is 0 Å². The van der Waals surface area contributed by atoms with Gasteiger partial charge in [0.1, 0.15) is 0 Å². The van der Waals surface area contributed by atoms with E-state index in [0.29, 0.717) is 0 Å². The number of aryl methyl sites for hydroxylation is 1. The van der Waals surface area contributed by atoms with E-state index in [1.54, 1.807) is 0 Å². The minimum atomic E-state index is -0.0757. The molecule has 2 bridgehead atoms. The molecule has 0 radical (unpaired) electrons. The molecule has 98 valence electrons. The van der Waals surface area contributed by atoms with Gasteiger partial charge in [0, 0.05) is 25.7 Å². The van der Waals surface area contributed by atoms with Crippen LogP contribution in [0.25, 0.3) is 0 Å². The SMILES string of the molecule is OC1CC2CC[N+]1(CCCc1ccccc1)CC2. The van der Waals surface area contributed by atoms with Crippen molar-refractivity contribution in [2.45, 2.75) is 38.3 Å². The van der Waals surface area contributed by atoms with Crippen LogP contribution in [0.2, 0.25) is 0 Å². The number of aliphatic hydroxyl groups is 1. The fourth-order valence-electron chi connectivity index (χ4n) is 3.81. The highest BCUT2D eigenvalue weighted by atomic mass is 16.3. The smallest absolute Gasteiger partial charge is 0.190 e. The molecule has 3 saturated heterocycles. The van der Waals surface area contributed by atoms with Gasteiger partial charge < -0.3 is 5.11 Å². The molecule has 0 spiro atoms. The van der Waals surface area contributed by atoms with Crippen LogP contribution in [0.3, 0.4) is 0 Å². The number of aliphatic hydroxyl groups excluding tert-OH is 1. The lowest BCUT2D eigenvalue weighted by atomic mass is 9.84. The van der Waals surface area contributed by atoms with E-state index in [1.807, 2.05) is 0 Å². The van der Waals surface area contributed by atoms with E-state index in [4.69, 9.17) is 0 Å². The highest BCUT2D eigenvalue weighted by molar-refractivity contribution is 5.14. The number of fused-ring (bicyclic) bond motifs is 3. The Balaban J connectivity index is 1.56. The zero-order valence-electron chi connectivity index (χ0n) is 11.1. The average molecular weight is 246 g/mol. The van der Waals surface area contributed by atoms with Gasteiger partial charge in [-0.05, 0) is 17.9 Å². The number of rotatable bonds is 4. The molecular formula is C16H24NO+. The van der Waals surface area contributed by atoms with Crippen molar-refractivity contribution in [1.29, 1.82) is 0 Å². The van der Waals surface area contributed by atoms with Crippen molar-refractivity contribution in [3.05, 3.63) is 35.9 Å². The summed E-state index contributed by atoms with van der Waals surface area (Å²) < 4.78 is 0.989. The number of hydrogen-bond acceptors (Lipinski definition) is 1. The molecule has 2 nitrogen and oxygen atoms in total. The molecule has 3 aliphatic heterocycles. The molecule has 2 heteroatoms. The predicted octanol–water partition coefficient (Wildman–Crippen LogP) is 2.57. The first-order valence-corrected chi connectivity index (χ1v) is 7.36. The Hall–Kier alpha value is -0.860. The van der Waals surface area contributed by atoms with Crippen molar-refractivity contribution < 1.29 is 9.59 Å². The molecule has 18 heavy (non-hydrogen) atoms. The van der Waals surface area contributed by atoms with Crippen molar-refractivity contribution in [2.24, 2.45) is 5.92 Å². The standard InChI is InChI=1S/C16H24NO/c18-16-13-15-8-11-17(16,12-9-15)10-4-7-14-5-2-1-3-6-14/h1-3,5-6,15-16,18H,4,7-13H2/q+1. The second-order valence-corrected chi connectivity index (χ2v) is 6.14. The van der Waals surface area contributed by atoms with E-state index in [-0.39, 0.29) is 6.23 Å². The molecular weight excluding hydrogens is 222 g/mol. The Kier molecular flexibility index (Phi) is 3.40. The van der Waals surface area contributed by atoms with Crippen molar-refractivity contribution in [3.8, 4) is 0 Å². The summed E-state index contributed by atoms with van der Waals surface area (Å²) in [6.45, 7) is 3.57. The number of quaternary nitrogens is 1. The van der Waals surface area contributed by atoms with Crippen LogP contribution >= 0.6 is 0 Å². The molecule has 3 heterocycles. The Morgan fingerprint density at radius 1 is 1.11 bits per heavy atom. The lowest BCUT2D eigenvalue weighted by Gasteiger charge is -2.52. The summed E-state index contributed by atoms with van der Waals surface area (Å²) in [4.78, 5) is 0. The summed E-state index contributed by atoms with van der Waals surface area (Å²) in [6, 6.07) is 10.7. The van der Waals surface area contributed by atoms with Crippen LogP contribution < -0.4 is 0 Å². The lowest BCUT2D eigenvalue weighted by Crippen LogP contribution is -2.64. The van der Waals surface area contributed by atoms with Crippen molar-refractivity contribution in [1.82, 2.24) is 0 Å². The number of hydrogen-bond donors (Lipinski definition) is 1. The third kappa shape index (κ3) is 2.32. The maximum atomic E-state index is 10.3. The Bertz CT molecular complexity index is 381. The van der Waals surface area contributed by atoms with E-state index < -0.39 is 0 Å². The number of piperidine rings is 3. The predicted molar refractivity (Wildman–Crippen MR) is 73.0 cm³/mol. The van der Waals surface area contributed by atoms with Gasteiger partial charge in [0.25, 0.3) is 0 Å². The van der Waals surface area contributed by atoms with E-state index >= 15 is 0 Å². The summed E-state index contributed by atoms with van der Waals surface area (Å²) in [6.07, 6.45) is 5.99. The van der Waals surface area contributed by atoms with E-state index in [2.05, 4.69) is 30.3 Å². The molecule has 1 aromatic rings. The molecule has 1 atom stereocenters. The van der Waals surface area contributed by atoms with Gasteiger partial charge in [-0.3, -0.25) is 4.48 Å². The van der Waals surface area contributed by atoms with Crippen molar-refractivity contribution in [2.75, 3.05) is 19.6 Å². The highest BCUT2D eigenvalue weighted by Gasteiger charge is 2.45. The minimum absolute atomic E-state index is 0.0757. The molecule has 1 unspecified atom stereocenters. The maximum absolute atomic E-state index is 10.3. The fourth-order valence-corrected chi connectivity index (χ4v) is 3.81. The first-order valence-electron chi connectivity index (χ1n) is 7.36. The Morgan fingerprint density at radius 3 is 2.50 bits per heavy atom. The van der Waals surface area contributed by atoms with Gasteiger partial charge in [-0.15, -0.1) is 0 Å². The maximum Gasteiger partial charge on any atom is 0.190 e. The van der Waals surface area contributed by atoms with Crippen LogP contribution in [-0.2, 0) is 6.42 Å². The van der Waals surface area contributed by atoms with Gasteiger partial charge in [-0.2, -0.15) is 0 Å². The Morgan fingerprint density at radius 2 is 1.83 bits per heavy atom. The second-order valence-electron chi connectivity index (χ2n) is 6.14. The third-order valence-corrected chi connectivity index (χ3v) is 5.05. The molecule has 1 aromatic carbocycles. The molecule has 3 fully saturated rings. The normalized spacial score (nSPS) is 34.7. The minimum Gasteiger partial charge on any atom is -0.345 e. The zero-order chi connectivity index (χ0) is 12.4. The first-order chi connectivity index (χ1) is 8.78. The monoisotopic (exact) mass is 246 g/mol. The Labute approximate surface area is 110 Å². The van der Waals surface area contributed by atoms with E-state index in [9.17, 15) is 5.11 Å². The van der Waals surface area contributed by atoms with Gasteiger partial charge in [0.05, 0.1) is 19.6 Å². The van der Waals surface area contributed by atoms with Crippen LogP contribution in [0, 0.1) is 5.92 Å². The highest BCUT2D eigenvalue weighted by Crippen LogP contribution is 2.37. The zero-order valence-corrected chi connectivity index (χ0v) is 11.1. The average Bonchev–Trinajstić information content (AvgIpc) is 2.42. The van der Waals surface area contributed by atoms with E-state index in [0.717, 1.165) is 29.8 Å². The molecule has 0 saturated carbocycles. The van der Waals surface area contributed by atoms with Gasteiger partial charge in [0.15, 0.2) is 6.23 Å². The van der Waals surface area contributed by atoms with Gasteiger partial charge in [-0.25, -0.2) is 0 Å². The second kappa shape index (κ2) is 5.02. The van der Waals surface area contributed by atoms with Gasteiger partial charge >= 0.3 is 0 Å². The molecule has 3 aliphatic rings. The van der Waals surface area contributed by atoms with Gasteiger partial charge in [-0.1, -0.05) is 30.3 Å². The molecule has 0 amide bonds. The molecule has 4 rings (SSSR count). The fraction of sp³-hybridized carbons (Fsp3) is 0.625. The van der Waals surface area contributed by atoms with Crippen LogP contribution in [-0.4, -0.2) is 35.5 Å². The van der Waals surface area contributed by atoms with Crippen molar-refractivity contribution >= 4 is 0 Å². The van der Waals surface area contributed by atoms with E-state index in [1.165, 1.54) is 37.9 Å². The summed E-state index contributed by atoms with van der Waals surface area (Å²) >= 11 is 0. The van der Waals surface area contributed by atoms with Gasteiger partial charge in [0.2, 0.25) is 0 Å². The molecule has 1 N–H and O–H groups in total. The molecule has 0 aliphatic carbocycles. The summed E-state index contributed by atoms with van der Waals surface area (Å²) in [5.41, 5.74) is 1.43. The number of nitrogens with zero attached hydrogens (tertiary/aromatic N) is 1. The third-order valence-electron chi connectivity index (χ3n) is 5.05. The van der Waals surface area contributed by atoms with Crippen LogP contribution in [0.15, 0.2) is 30.3 Å². The van der Waals surface area contributed by atoms with Crippen LogP contribution in [0.5, 0.6) is 0 Å².